The molecule has 1 aromatic heterocycles. The predicted octanol–water partition coefficient (Wildman–Crippen LogP) is 9.22. The van der Waals surface area contributed by atoms with Crippen LogP contribution in [0.2, 0.25) is 0 Å². The van der Waals surface area contributed by atoms with Gasteiger partial charge in [0.05, 0.1) is 19.6 Å². The number of aryl methyl sites for hydroxylation is 1. The first kappa shape index (κ1) is 34.0. The smallest absolute Gasteiger partial charge is 0.460 e. The summed E-state index contributed by atoms with van der Waals surface area (Å²) in [5.41, 5.74) is 0.761. The number of halogens is 10. The number of rotatable bonds is 18. The zero-order valence-corrected chi connectivity index (χ0v) is 23.4. The van der Waals surface area contributed by atoms with Crippen molar-refractivity contribution in [2.24, 2.45) is 0 Å². The van der Waals surface area contributed by atoms with Gasteiger partial charge in [0.15, 0.2) is 0 Å². The molecular weight excluding hydrogens is 582 g/mol. The van der Waals surface area contributed by atoms with Gasteiger partial charge in [-0.1, -0.05) is 38.5 Å². The molecule has 1 fully saturated rings. The molecule has 0 unspecified atom stereocenters. The Kier molecular flexibility index (Phi) is 11.2. The molecule has 1 aromatic carbocycles. The van der Waals surface area contributed by atoms with Crippen LogP contribution in [0.4, 0.5) is 43.9 Å². The van der Waals surface area contributed by atoms with E-state index < -0.39 is 36.8 Å². The third kappa shape index (κ3) is 8.12. The molecule has 1 heterocycles. The van der Waals surface area contributed by atoms with E-state index in [9.17, 15) is 43.9 Å². The fourth-order valence-electron chi connectivity index (χ4n) is 5.10. The van der Waals surface area contributed by atoms with Crippen LogP contribution >= 0.6 is 0 Å². The Labute approximate surface area is 238 Å². The van der Waals surface area contributed by atoms with Crippen molar-refractivity contribution >= 4 is 0 Å². The Morgan fingerprint density at radius 1 is 0.810 bits per heavy atom. The maximum Gasteiger partial charge on any atom is 0.460 e. The lowest BCUT2D eigenvalue weighted by atomic mass is 9.97. The minimum atomic E-state index is -6.82. The quantitative estimate of drug-likeness (QED) is 0.0925. The molecule has 42 heavy (non-hydrogen) atoms. The number of benzene rings is 1. The van der Waals surface area contributed by atoms with Crippen molar-refractivity contribution in [1.29, 1.82) is 0 Å². The van der Waals surface area contributed by atoms with Crippen LogP contribution in [-0.2, 0) is 13.1 Å². The third-order valence-electron chi connectivity index (χ3n) is 7.64. The van der Waals surface area contributed by atoms with E-state index in [1.165, 1.54) is 18.0 Å². The van der Waals surface area contributed by atoms with E-state index in [1.807, 2.05) is 12.4 Å². The minimum absolute atomic E-state index is 0.0301. The second kappa shape index (κ2) is 13.9. The molecule has 2 aromatic rings. The lowest BCUT2D eigenvalue weighted by Crippen LogP contribution is -2.60. The third-order valence-corrected chi connectivity index (χ3v) is 7.64. The molecule has 3 rings (SSSR count). The number of hydrogen-bond donors (Lipinski definition) is 0. The summed E-state index contributed by atoms with van der Waals surface area (Å²) in [5, 5.41) is 0. The largest absolute Gasteiger partial charge is 0.496 e. The average Bonchev–Trinajstić information content (AvgIpc) is 3.67. The van der Waals surface area contributed by atoms with E-state index in [4.69, 9.17) is 4.74 Å². The Bertz CT molecular complexity index is 1140. The van der Waals surface area contributed by atoms with Crippen molar-refractivity contribution in [2.45, 2.75) is 120 Å². The van der Waals surface area contributed by atoms with Crippen LogP contribution < -0.4 is 9.30 Å². The number of unbranched alkanes of at least 4 members (excludes halogenated alkanes) is 8. The van der Waals surface area contributed by atoms with Crippen LogP contribution in [0.15, 0.2) is 30.6 Å². The molecule has 0 atom stereocenters. The second-order valence-electron chi connectivity index (χ2n) is 11.0. The highest BCUT2D eigenvalue weighted by Crippen LogP contribution is 2.54. The molecule has 0 N–H and O–H groups in total. The molecule has 3 nitrogen and oxygen atoms in total. The molecule has 1 aliphatic carbocycles. The number of aromatic nitrogens is 2. The van der Waals surface area contributed by atoms with Crippen LogP contribution in [0.25, 0.3) is 0 Å². The normalized spacial score (nSPS) is 14.9. The summed E-state index contributed by atoms with van der Waals surface area (Å²) in [7, 11) is 1.55. The number of nitrogens with zero attached hydrogens (tertiary/aromatic N) is 2. The van der Waals surface area contributed by atoms with Gasteiger partial charge in [-0.25, -0.2) is 13.5 Å². The molecule has 0 saturated heterocycles. The summed E-state index contributed by atoms with van der Waals surface area (Å²) in [4.78, 5) is 0. The van der Waals surface area contributed by atoms with Gasteiger partial charge >= 0.3 is 23.9 Å². The molecule has 238 valence electrons. The van der Waals surface area contributed by atoms with Crippen LogP contribution in [0.5, 0.6) is 5.75 Å². The first-order valence-electron chi connectivity index (χ1n) is 14.2. The molecule has 0 aliphatic heterocycles. The summed E-state index contributed by atoms with van der Waals surface area (Å²) < 4.78 is 140. The number of imidazole rings is 1. The van der Waals surface area contributed by atoms with Gasteiger partial charge in [-0.15, -0.1) is 0 Å². The van der Waals surface area contributed by atoms with E-state index in [0.717, 1.165) is 57.1 Å². The molecular formula is C29H37F10N2O+. The maximum atomic E-state index is 13.8. The first-order valence-corrected chi connectivity index (χ1v) is 14.2. The van der Waals surface area contributed by atoms with Crippen LogP contribution in [0.3, 0.4) is 0 Å². The van der Waals surface area contributed by atoms with Gasteiger partial charge in [0.2, 0.25) is 0 Å². The van der Waals surface area contributed by atoms with Crippen molar-refractivity contribution < 1.29 is 53.2 Å². The van der Waals surface area contributed by atoms with Crippen LogP contribution in [0, 0.1) is 5.82 Å². The van der Waals surface area contributed by atoms with E-state index in [1.54, 1.807) is 13.2 Å². The lowest BCUT2D eigenvalue weighted by Gasteiger charge is -2.33. The monoisotopic (exact) mass is 619 g/mol. The summed E-state index contributed by atoms with van der Waals surface area (Å²) in [6, 6.07) is 4.46. The number of ether oxygens (including phenoxy) is 1. The standard InChI is InChI=1S/C29H37F10N2O/c1-42-24-14-13-23(30)19-22(24)20-41-18-17-40(25(41)21-11-12-21)16-10-8-6-4-2-3-5-7-9-15-26(31,32)27(33,34)28(35,36)29(37,38)39/h13-14,17-19,21H,2-12,15-16,20H2,1H3/q+1. The predicted molar refractivity (Wildman–Crippen MR) is 136 cm³/mol. The second-order valence-corrected chi connectivity index (χ2v) is 11.0. The van der Waals surface area contributed by atoms with Gasteiger partial charge in [-0.05, 0) is 50.3 Å². The summed E-state index contributed by atoms with van der Waals surface area (Å²) in [5.74, 6) is -16.8. The Balaban J connectivity index is 1.33. The first-order chi connectivity index (χ1) is 19.6. The number of methoxy groups -OCH3 is 1. The zero-order chi connectivity index (χ0) is 31.2. The SMILES string of the molecule is COc1ccc(F)cc1C[n+]1ccn(CCCCCCCCCCCC(F)(F)C(F)(F)C(F)(F)C(F)(F)F)c1C1CC1. The number of alkyl halides is 9. The van der Waals surface area contributed by atoms with Crippen LogP contribution in [-0.4, -0.2) is 35.6 Å². The average molecular weight is 620 g/mol. The molecule has 0 bridgehead atoms. The Morgan fingerprint density at radius 3 is 1.93 bits per heavy atom. The highest BCUT2D eigenvalue weighted by Gasteiger charge is 2.81. The zero-order valence-electron chi connectivity index (χ0n) is 23.4. The summed E-state index contributed by atoms with van der Waals surface area (Å²) in [6.07, 6.45) is 2.62. The van der Waals surface area contributed by atoms with Crippen molar-refractivity contribution in [3.63, 3.8) is 0 Å². The molecule has 0 radical (unpaired) electrons. The summed E-state index contributed by atoms with van der Waals surface area (Å²) >= 11 is 0. The summed E-state index contributed by atoms with van der Waals surface area (Å²) in [6.45, 7) is 1.32. The fraction of sp³-hybridized carbons (Fsp3) is 0.690. The molecule has 1 saturated carbocycles. The van der Waals surface area contributed by atoms with Crippen molar-refractivity contribution in [3.05, 3.63) is 47.8 Å². The molecule has 0 amide bonds. The molecule has 1 aliphatic rings. The van der Waals surface area contributed by atoms with Gasteiger partial charge in [0.1, 0.15) is 30.5 Å². The van der Waals surface area contributed by atoms with Gasteiger partial charge in [-0.3, -0.25) is 0 Å². The topological polar surface area (TPSA) is 18.0 Å². The number of hydrogen-bond acceptors (Lipinski definition) is 1. The van der Waals surface area contributed by atoms with Crippen molar-refractivity contribution in [1.82, 2.24) is 4.57 Å². The highest BCUT2D eigenvalue weighted by atomic mass is 19.4. The van der Waals surface area contributed by atoms with E-state index in [0.29, 0.717) is 31.1 Å². The van der Waals surface area contributed by atoms with Crippen LogP contribution in [0.1, 0.15) is 94.4 Å². The minimum Gasteiger partial charge on any atom is -0.496 e. The van der Waals surface area contributed by atoms with Gasteiger partial charge in [0.25, 0.3) is 5.82 Å². The van der Waals surface area contributed by atoms with Gasteiger partial charge in [0, 0.05) is 12.0 Å². The molecule has 0 spiro atoms. The van der Waals surface area contributed by atoms with Gasteiger partial charge in [-0.2, -0.15) is 39.5 Å². The van der Waals surface area contributed by atoms with E-state index >= 15 is 0 Å². The highest BCUT2D eigenvalue weighted by molar-refractivity contribution is 5.33. The molecule has 13 heteroatoms. The maximum absolute atomic E-state index is 13.8. The van der Waals surface area contributed by atoms with E-state index in [-0.39, 0.29) is 12.2 Å². The van der Waals surface area contributed by atoms with E-state index in [2.05, 4.69) is 9.13 Å². The Morgan fingerprint density at radius 2 is 1.38 bits per heavy atom. The Hall–Kier alpha value is -2.47. The van der Waals surface area contributed by atoms with Crippen molar-refractivity contribution in [3.8, 4) is 5.75 Å². The fourth-order valence-corrected chi connectivity index (χ4v) is 5.10. The lowest BCUT2D eigenvalue weighted by molar-refractivity contribution is -0.695. The van der Waals surface area contributed by atoms with Crippen molar-refractivity contribution in [2.75, 3.05) is 7.11 Å². The van der Waals surface area contributed by atoms with Gasteiger partial charge < -0.3 is 4.74 Å².